The minimum atomic E-state index is 0.919. The fraction of sp³-hybridized carbons (Fsp3) is 0. The largest absolute Gasteiger partial charge is 0.456 e. The first-order valence-corrected chi connectivity index (χ1v) is 18.2. The first kappa shape index (κ1) is 29.7. The average molecular weight is 673 g/mol. The lowest BCUT2D eigenvalue weighted by Gasteiger charge is -2.20. The quantitative estimate of drug-likeness (QED) is 0.170. The van der Waals surface area contributed by atoms with Gasteiger partial charge in [0.15, 0.2) is 0 Å². The van der Waals surface area contributed by atoms with Crippen LogP contribution < -0.4 is 0 Å². The summed E-state index contributed by atoms with van der Waals surface area (Å²) in [7, 11) is 0. The van der Waals surface area contributed by atoms with Crippen molar-refractivity contribution in [3.8, 4) is 44.5 Å². The van der Waals surface area contributed by atoms with Gasteiger partial charge in [0, 0.05) is 10.8 Å². The fourth-order valence-corrected chi connectivity index (χ4v) is 8.53. The van der Waals surface area contributed by atoms with Crippen LogP contribution in [0, 0.1) is 0 Å². The van der Waals surface area contributed by atoms with E-state index in [2.05, 4.69) is 182 Å². The Morgan fingerprint density at radius 3 is 1.45 bits per heavy atom. The van der Waals surface area contributed by atoms with E-state index >= 15 is 0 Å². The van der Waals surface area contributed by atoms with E-state index in [9.17, 15) is 0 Å². The molecular weight excluding hydrogens is 641 g/mol. The Kier molecular flexibility index (Phi) is 6.62. The van der Waals surface area contributed by atoms with Crippen LogP contribution in [0.1, 0.15) is 0 Å². The summed E-state index contributed by atoms with van der Waals surface area (Å²) < 4.78 is 6.10. The summed E-state index contributed by atoms with van der Waals surface area (Å²) in [6.45, 7) is 0. The zero-order chi connectivity index (χ0) is 34.9. The molecule has 0 atom stereocenters. The maximum absolute atomic E-state index is 6.10. The summed E-state index contributed by atoms with van der Waals surface area (Å²) in [5, 5.41) is 12.3. The number of furan rings is 1. The highest BCUT2D eigenvalue weighted by atomic mass is 16.3. The average Bonchev–Trinajstić information content (AvgIpc) is 3.60. The lowest BCUT2D eigenvalue weighted by atomic mass is 9.83. The first-order valence-electron chi connectivity index (χ1n) is 18.2. The predicted molar refractivity (Wildman–Crippen MR) is 225 cm³/mol. The van der Waals surface area contributed by atoms with Crippen molar-refractivity contribution in [3.63, 3.8) is 0 Å². The van der Waals surface area contributed by atoms with Crippen LogP contribution in [0.4, 0.5) is 0 Å². The summed E-state index contributed by atoms with van der Waals surface area (Å²) in [6.07, 6.45) is 0. The molecule has 1 heteroatoms. The van der Waals surface area contributed by atoms with Gasteiger partial charge < -0.3 is 4.42 Å². The van der Waals surface area contributed by atoms with Gasteiger partial charge >= 0.3 is 0 Å². The molecule has 1 nitrogen and oxygen atoms in total. The molecule has 1 aromatic heterocycles. The second kappa shape index (κ2) is 11.8. The van der Waals surface area contributed by atoms with E-state index in [1.165, 1.54) is 87.6 Å². The summed E-state index contributed by atoms with van der Waals surface area (Å²) in [6, 6.07) is 70.8. The molecule has 246 valence electrons. The number of benzene rings is 10. The van der Waals surface area contributed by atoms with Crippen LogP contribution in [0.15, 0.2) is 199 Å². The standard InChI is InChI=1S/C52H32O/c1-2-12-34-30-39(25-21-33(34)11-1)41-13-3-4-15-43(41)52-46-18-7-5-16-44(46)51(45-17-6-8-19-47(45)52)40-26-24-35-29-36(22-23-37(35)31-40)38-27-28-50-48(32-38)42-14-9-10-20-49(42)53-50/h1-32H. The Labute approximate surface area is 307 Å². The maximum Gasteiger partial charge on any atom is 0.135 e. The van der Waals surface area contributed by atoms with Crippen LogP contribution in [0.3, 0.4) is 0 Å². The molecule has 1 heterocycles. The molecule has 0 radical (unpaired) electrons. The van der Waals surface area contributed by atoms with Crippen LogP contribution in [0.2, 0.25) is 0 Å². The van der Waals surface area contributed by atoms with Crippen molar-refractivity contribution in [2.45, 2.75) is 0 Å². The number of hydrogen-bond donors (Lipinski definition) is 0. The Bertz CT molecular complexity index is 3180. The van der Waals surface area contributed by atoms with E-state index in [1.54, 1.807) is 0 Å². The van der Waals surface area contributed by atoms with Crippen molar-refractivity contribution >= 4 is 65.0 Å². The molecule has 0 saturated heterocycles. The van der Waals surface area contributed by atoms with Crippen LogP contribution in [0.25, 0.3) is 110 Å². The first-order chi connectivity index (χ1) is 26.3. The van der Waals surface area contributed by atoms with E-state index in [1.807, 2.05) is 12.1 Å². The lowest BCUT2D eigenvalue weighted by Crippen LogP contribution is -1.93. The number of hydrogen-bond acceptors (Lipinski definition) is 1. The third-order valence-corrected chi connectivity index (χ3v) is 11.0. The van der Waals surface area contributed by atoms with Crippen molar-refractivity contribution in [2.24, 2.45) is 0 Å². The second-order valence-corrected chi connectivity index (χ2v) is 14.0. The molecule has 0 N–H and O–H groups in total. The molecule has 0 aliphatic rings. The maximum atomic E-state index is 6.10. The molecule has 11 rings (SSSR count). The van der Waals surface area contributed by atoms with Gasteiger partial charge in [-0.05, 0) is 124 Å². The molecule has 53 heavy (non-hydrogen) atoms. The Hall–Kier alpha value is -6.96. The highest BCUT2D eigenvalue weighted by Gasteiger charge is 2.19. The Balaban J connectivity index is 1.07. The fourth-order valence-electron chi connectivity index (χ4n) is 8.53. The van der Waals surface area contributed by atoms with Crippen molar-refractivity contribution in [1.82, 2.24) is 0 Å². The zero-order valence-electron chi connectivity index (χ0n) is 28.9. The highest BCUT2D eigenvalue weighted by molar-refractivity contribution is 6.23. The Morgan fingerprint density at radius 2 is 0.698 bits per heavy atom. The topological polar surface area (TPSA) is 13.1 Å². The van der Waals surface area contributed by atoms with Crippen molar-refractivity contribution in [2.75, 3.05) is 0 Å². The zero-order valence-corrected chi connectivity index (χ0v) is 28.9. The molecule has 0 saturated carbocycles. The molecule has 0 bridgehead atoms. The number of rotatable bonds is 4. The van der Waals surface area contributed by atoms with E-state index in [0.29, 0.717) is 0 Å². The van der Waals surface area contributed by atoms with Gasteiger partial charge in [0.1, 0.15) is 11.2 Å². The van der Waals surface area contributed by atoms with Gasteiger partial charge in [-0.1, -0.05) is 158 Å². The van der Waals surface area contributed by atoms with E-state index in [0.717, 1.165) is 21.9 Å². The molecule has 10 aromatic carbocycles. The van der Waals surface area contributed by atoms with Crippen LogP contribution in [-0.2, 0) is 0 Å². The van der Waals surface area contributed by atoms with E-state index in [4.69, 9.17) is 4.42 Å². The molecule has 0 spiro atoms. The summed E-state index contributed by atoms with van der Waals surface area (Å²) in [5.74, 6) is 0. The highest BCUT2D eigenvalue weighted by Crippen LogP contribution is 2.46. The normalized spacial score (nSPS) is 11.8. The Morgan fingerprint density at radius 1 is 0.245 bits per heavy atom. The van der Waals surface area contributed by atoms with Gasteiger partial charge in [0.25, 0.3) is 0 Å². The van der Waals surface area contributed by atoms with Crippen molar-refractivity contribution in [3.05, 3.63) is 194 Å². The number of para-hydroxylation sites is 1. The second-order valence-electron chi connectivity index (χ2n) is 14.0. The van der Waals surface area contributed by atoms with Gasteiger partial charge in [-0.3, -0.25) is 0 Å². The minimum absolute atomic E-state index is 0.919. The molecule has 11 aromatic rings. The van der Waals surface area contributed by atoms with Crippen LogP contribution in [0.5, 0.6) is 0 Å². The van der Waals surface area contributed by atoms with Gasteiger partial charge in [-0.2, -0.15) is 0 Å². The molecule has 0 fully saturated rings. The molecular formula is C52H32O. The van der Waals surface area contributed by atoms with Gasteiger partial charge in [-0.25, -0.2) is 0 Å². The summed E-state index contributed by atoms with van der Waals surface area (Å²) >= 11 is 0. The SMILES string of the molecule is c1ccc(-c2c3ccccc3c(-c3ccc4cc(-c5ccc6oc7ccccc7c6c5)ccc4c3)c3ccccc23)c(-c2ccc3ccccc3c2)c1. The smallest absolute Gasteiger partial charge is 0.135 e. The number of fused-ring (bicyclic) bond motifs is 7. The van der Waals surface area contributed by atoms with Crippen LogP contribution in [-0.4, -0.2) is 0 Å². The van der Waals surface area contributed by atoms with Gasteiger partial charge in [-0.15, -0.1) is 0 Å². The summed E-state index contributed by atoms with van der Waals surface area (Å²) in [5.41, 5.74) is 11.7. The molecule has 0 aliphatic heterocycles. The monoisotopic (exact) mass is 672 g/mol. The van der Waals surface area contributed by atoms with E-state index in [-0.39, 0.29) is 0 Å². The molecule has 0 amide bonds. The third kappa shape index (κ3) is 4.79. The predicted octanol–water partition coefficient (Wildman–Crippen LogP) is 14.9. The lowest BCUT2D eigenvalue weighted by molar-refractivity contribution is 0.669. The van der Waals surface area contributed by atoms with E-state index < -0.39 is 0 Å². The van der Waals surface area contributed by atoms with Crippen LogP contribution >= 0.6 is 0 Å². The molecule has 0 aliphatic carbocycles. The van der Waals surface area contributed by atoms with Gasteiger partial charge in [0.05, 0.1) is 0 Å². The minimum Gasteiger partial charge on any atom is -0.456 e. The third-order valence-electron chi connectivity index (χ3n) is 11.0. The molecule has 0 unspecified atom stereocenters. The van der Waals surface area contributed by atoms with Crippen molar-refractivity contribution < 1.29 is 4.42 Å². The summed E-state index contributed by atoms with van der Waals surface area (Å²) in [4.78, 5) is 0. The van der Waals surface area contributed by atoms with Crippen molar-refractivity contribution in [1.29, 1.82) is 0 Å². The van der Waals surface area contributed by atoms with Gasteiger partial charge in [0.2, 0.25) is 0 Å².